The van der Waals surface area contributed by atoms with Crippen LogP contribution in [0.25, 0.3) is 0 Å². The number of rotatable bonds is 5. The molecule has 2 aromatic rings. The van der Waals surface area contributed by atoms with Crippen molar-refractivity contribution in [2.24, 2.45) is 0 Å². The first-order valence-corrected chi connectivity index (χ1v) is 11.9. The molecule has 0 bridgehead atoms. The monoisotopic (exact) mass is 573 g/mol. The van der Waals surface area contributed by atoms with Crippen LogP contribution in [0.5, 0.6) is 0 Å². The number of ether oxygens (including phenoxy) is 2. The highest BCUT2D eigenvalue weighted by molar-refractivity contribution is 7.09. The first kappa shape index (κ1) is 31.4. The van der Waals surface area contributed by atoms with Crippen molar-refractivity contribution >= 4 is 23.3 Å². The molecule has 0 aromatic carbocycles. The summed E-state index contributed by atoms with van der Waals surface area (Å²) in [6.07, 6.45) is -3.93. The zero-order valence-corrected chi connectivity index (χ0v) is 20.7. The minimum absolute atomic E-state index is 0.128. The second-order valence-electron chi connectivity index (χ2n) is 8.14. The van der Waals surface area contributed by atoms with Gasteiger partial charge in [0.2, 0.25) is 0 Å². The van der Waals surface area contributed by atoms with E-state index in [1.165, 1.54) is 6.42 Å². The first-order valence-electron chi connectivity index (χ1n) is 11.1. The van der Waals surface area contributed by atoms with Gasteiger partial charge in [-0.25, -0.2) is 14.6 Å². The third-order valence-electron chi connectivity index (χ3n) is 5.31. The van der Waals surface area contributed by atoms with Gasteiger partial charge >= 0.3 is 24.3 Å². The summed E-state index contributed by atoms with van der Waals surface area (Å²) in [7, 11) is 0. The molecule has 4 rings (SSSR count). The van der Waals surface area contributed by atoms with Gasteiger partial charge < -0.3 is 19.7 Å². The maximum atomic E-state index is 10.6. The van der Waals surface area contributed by atoms with E-state index in [2.05, 4.69) is 27.2 Å². The summed E-state index contributed by atoms with van der Waals surface area (Å²) in [5, 5.41) is 17.5. The molecule has 9 nitrogen and oxygen atoms in total. The smallest absolute Gasteiger partial charge is 0.475 e. The number of nitrogens with zero attached hydrogens (tertiary/aromatic N) is 3. The number of aryl methyl sites for hydroxylation is 1. The number of carboxylic acids is 2. The van der Waals surface area contributed by atoms with E-state index in [4.69, 9.17) is 29.3 Å². The molecule has 2 fully saturated rings. The number of hydrogen-bond donors (Lipinski definition) is 2. The molecule has 0 amide bonds. The van der Waals surface area contributed by atoms with Gasteiger partial charge in [0, 0.05) is 43.5 Å². The van der Waals surface area contributed by atoms with Crippen molar-refractivity contribution in [1.29, 1.82) is 0 Å². The molecule has 2 saturated heterocycles. The van der Waals surface area contributed by atoms with Crippen molar-refractivity contribution in [3.8, 4) is 0 Å². The molecule has 3 atom stereocenters. The van der Waals surface area contributed by atoms with Crippen LogP contribution >= 0.6 is 11.3 Å². The molecular weight excluding hydrogens is 548 g/mol. The van der Waals surface area contributed by atoms with Crippen LogP contribution in [0.4, 0.5) is 26.3 Å². The number of halogens is 6. The molecule has 2 aliphatic rings. The van der Waals surface area contributed by atoms with Gasteiger partial charge in [0.25, 0.3) is 0 Å². The molecule has 2 N–H and O–H groups in total. The van der Waals surface area contributed by atoms with Crippen LogP contribution < -0.4 is 0 Å². The van der Waals surface area contributed by atoms with Crippen molar-refractivity contribution in [2.75, 3.05) is 13.2 Å². The molecular formula is C22H25F6N3O6S. The Labute approximate surface area is 217 Å². The molecule has 2 aliphatic heterocycles. The average molecular weight is 574 g/mol. The topological polar surface area (TPSA) is 122 Å². The summed E-state index contributed by atoms with van der Waals surface area (Å²) in [6, 6.07) is 4.46. The van der Waals surface area contributed by atoms with E-state index >= 15 is 0 Å². The Balaban J connectivity index is 0.000000301. The Morgan fingerprint density at radius 3 is 2.21 bits per heavy atom. The van der Waals surface area contributed by atoms with Crippen LogP contribution in [0.2, 0.25) is 0 Å². The number of carboxylic acid groups (broad SMARTS) is 2. The number of aromatic nitrogens is 2. The number of aliphatic carboxylic acids is 2. The molecule has 0 saturated carbocycles. The Bertz CT molecular complexity index is 1010. The van der Waals surface area contributed by atoms with Crippen molar-refractivity contribution in [3.63, 3.8) is 0 Å². The van der Waals surface area contributed by atoms with Crippen molar-refractivity contribution in [2.45, 2.75) is 63.5 Å². The second-order valence-corrected chi connectivity index (χ2v) is 9.21. The number of carbonyl (C=O) groups is 2. The van der Waals surface area contributed by atoms with Gasteiger partial charge in [-0.2, -0.15) is 26.3 Å². The SMILES string of the molecule is Cc1nc(CN2C[C@@H](OCc3ccncc3)[C@H]3OCCC[C@H]32)cs1.O=C(O)C(F)(F)F.O=C(O)C(F)(F)F. The lowest BCUT2D eigenvalue weighted by molar-refractivity contribution is -0.193. The number of alkyl halides is 6. The van der Waals surface area contributed by atoms with E-state index in [1.807, 2.05) is 24.5 Å². The molecule has 0 unspecified atom stereocenters. The van der Waals surface area contributed by atoms with Crippen LogP contribution in [0.1, 0.15) is 29.1 Å². The highest BCUT2D eigenvalue weighted by Gasteiger charge is 2.44. The molecule has 38 heavy (non-hydrogen) atoms. The quantitative estimate of drug-likeness (QED) is 0.510. The Kier molecular flexibility index (Phi) is 11.4. The van der Waals surface area contributed by atoms with Gasteiger partial charge in [-0.15, -0.1) is 11.3 Å². The lowest BCUT2D eigenvalue weighted by Gasteiger charge is -2.32. The van der Waals surface area contributed by atoms with E-state index in [1.54, 1.807) is 11.3 Å². The lowest BCUT2D eigenvalue weighted by Crippen LogP contribution is -2.41. The van der Waals surface area contributed by atoms with Gasteiger partial charge in [-0.1, -0.05) is 0 Å². The third-order valence-corrected chi connectivity index (χ3v) is 6.14. The Morgan fingerprint density at radius 2 is 1.71 bits per heavy atom. The van der Waals surface area contributed by atoms with E-state index in [-0.39, 0.29) is 12.2 Å². The molecule has 0 radical (unpaired) electrons. The van der Waals surface area contributed by atoms with Crippen LogP contribution in [0, 0.1) is 6.92 Å². The zero-order valence-electron chi connectivity index (χ0n) is 19.9. The van der Waals surface area contributed by atoms with E-state index in [0.29, 0.717) is 12.6 Å². The summed E-state index contributed by atoms with van der Waals surface area (Å²) in [6.45, 7) is 5.33. The fourth-order valence-corrected chi connectivity index (χ4v) is 4.31. The minimum atomic E-state index is -5.08. The van der Waals surface area contributed by atoms with E-state index in [0.717, 1.165) is 42.4 Å². The summed E-state index contributed by atoms with van der Waals surface area (Å²) >= 11 is 1.72. The maximum Gasteiger partial charge on any atom is 0.490 e. The fourth-order valence-electron chi connectivity index (χ4n) is 3.70. The molecule has 4 heterocycles. The second kappa shape index (κ2) is 13.8. The van der Waals surface area contributed by atoms with Gasteiger partial charge in [-0.3, -0.25) is 9.88 Å². The van der Waals surface area contributed by atoms with Gasteiger partial charge in [0.15, 0.2) is 0 Å². The number of pyridine rings is 1. The first-order chi connectivity index (χ1) is 17.7. The van der Waals surface area contributed by atoms with Crippen LogP contribution in [-0.2, 0) is 32.2 Å². The Hall–Kier alpha value is -2.82. The molecule has 212 valence electrons. The molecule has 0 aliphatic carbocycles. The summed E-state index contributed by atoms with van der Waals surface area (Å²) < 4.78 is 75.8. The van der Waals surface area contributed by atoms with Crippen LogP contribution in [0.3, 0.4) is 0 Å². The van der Waals surface area contributed by atoms with Crippen LogP contribution in [-0.4, -0.2) is 80.8 Å². The summed E-state index contributed by atoms with van der Waals surface area (Å²) in [4.78, 5) is 29.0. The van der Waals surface area contributed by atoms with Crippen molar-refractivity contribution < 1.29 is 55.6 Å². The van der Waals surface area contributed by atoms with E-state index in [9.17, 15) is 26.3 Å². The number of fused-ring (bicyclic) bond motifs is 1. The number of likely N-dealkylation sites (tertiary alicyclic amines) is 1. The van der Waals surface area contributed by atoms with E-state index < -0.39 is 24.3 Å². The lowest BCUT2D eigenvalue weighted by atomic mass is 10.0. The molecule has 16 heteroatoms. The summed E-state index contributed by atoms with van der Waals surface area (Å²) in [5.74, 6) is -5.51. The van der Waals surface area contributed by atoms with Gasteiger partial charge in [0.1, 0.15) is 6.10 Å². The minimum Gasteiger partial charge on any atom is -0.475 e. The number of hydrogen-bond acceptors (Lipinski definition) is 8. The highest BCUT2D eigenvalue weighted by Crippen LogP contribution is 2.32. The standard InChI is InChI=1S/C18H23N3O2S.2C2HF3O2/c1-13-20-15(12-24-13)9-21-10-17(18-16(21)3-2-8-22-18)23-11-14-4-6-19-7-5-14;2*3-2(4,5)1(6)7/h4-7,12,16-18H,2-3,8-11H2,1H3;2*(H,6,7)/t16-,17-,18+;;/m1../s1. The summed E-state index contributed by atoms with van der Waals surface area (Å²) in [5.41, 5.74) is 2.32. The molecule has 2 aromatic heterocycles. The van der Waals surface area contributed by atoms with Gasteiger partial charge in [0.05, 0.1) is 23.4 Å². The maximum absolute atomic E-state index is 10.6. The zero-order chi connectivity index (χ0) is 28.5. The average Bonchev–Trinajstić information content (AvgIpc) is 3.41. The van der Waals surface area contributed by atoms with Gasteiger partial charge in [-0.05, 0) is 37.5 Å². The Morgan fingerprint density at radius 1 is 1.13 bits per heavy atom. The van der Waals surface area contributed by atoms with Crippen molar-refractivity contribution in [3.05, 3.63) is 46.2 Å². The predicted octanol–water partition coefficient (Wildman–Crippen LogP) is 4.06. The fraction of sp³-hybridized carbons (Fsp3) is 0.545. The van der Waals surface area contributed by atoms with Crippen molar-refractivity contribution in [1.82, 2.24) is 14.9 Å². The van der Waals surface area contributed by atoms with Crippen LogP contribution in [0.15, 0.2) is 29.9 Å². The predicted molar refractivity (Wildman–Crippen MR) is 120 cm³/mol. The normalized spacial score (nSPS) is 21.4. The largest absolute Gasteiger partial charge is 0.490 e. The molecule has 0 spiro atoms. The third kappa shape index (κ3) is 10.2. The number of thiazole rings is 1. The highest BCUT2D eigenvalue weighted by atomic mass is 32.1.